The van der Waals surface area contributed by atoms with E-state index in [4.69, 9.17) is 21.1 Å². The fourth-order valence-corrected chi connectivity index (χ4v) is 2.79. The van der Waals surface area contributed by atoms with E-state index >= 15 is 0 Å². The average Bonchev–Trinajstić information content (AvgIpc) is 2.36. The number of hydrogen-bond donors (Lipinski definition) is 0. The van der Waals surface area contributed by atoms with Gasteiger partial charge in [0.25, 0.3) is 0 Å². The summed E-state index contributed by atoms with van der Waals surface area (Å²) < 4.78 is 11.8. The summed E-state index contributed by atoms with van der Waals surface area (Å²) in [7, 11) is 0. The molecule has 21 heavy (non-hydrogen) atoms. The number of rotatable bonds is 1. The van der Waals surface area contributed by atoms with E-state index in [0.717, 1.165) is 5.56 Å². The Bertz CT molecular complexity index is 513. The molecule has 1 atom stereocenters. The Morgan fingerprint density at radius 3 is 2.86 bits per heavy atom. The van der Waals surface area contributed by atoms with Gasteiger partial charge in [-0.05, 0) is 54.4 Å². The summed E-state index contributed by atoms with van der Waals surface area (Å²) in [6.45, 7) is 6.96. The van der Waals surface area contributed by atoms with E-state index < -0.39 is 5.60 Å². The summed E-state index contributed by atoms with van der Waals surface area (Å²) in [4.78, 5) is 17.8. The third-order valence-corrected chi connectivity index (χ3v) is 3.47. The highest BCUT2D eigenvalue weighted by Gasteiger charge is 2.29. The molecule has 0 aliphatic carbocycles. The van der Waals surface area contributed by atoms with Gasteiger partial charge in [0.2, 0.25) is 0 Å². The molecule has 0 aromatic carbocycles. The summed E-state index contributed by atoms with van der Waals surface area (Å²) in [5.74, 6) is 0. The third-order valence-electron chi connectivity index (χ3n) is 2.88. The van der Waals surface area contributed by atoms with Crippen LogP contribution in [0.15, 0.2) is 16.7 Å². The smallest absolute Gasteiger partial charge is 0.410 e. The van der Waals surface area contributed by atoms with Crippen molar-refractivity contribution in [1.82, 2.24) is 9.88 Å². The predicted octanol–water partition coefficient (Wildman–Crippen LogP) is 3.81. The van der Waals surface area contributed by atoms with Gasteiger partial charge in [-0.25, -0.2) is 9.78 Å². The maximum atomic E-state index is 12.1. The van der Waals surface area contributed by atoms with Crippen molar-refractivity contribution in [1.29, 1.82) is 0 Å². The maximum absolute atomic E-state index is 12.1. The zero-order valence-electron chi connectivity index (χ0n) is 12.2. The van der Waals surface area contributed by atoms with Gasteiger partial charge in [0.15, 0.2) is 0 Å². The highest BCUT2D eigenvalue weighted by Crippen LogP contribution is 2.27. The number of nitrogens with zero attached hydrogens (tertiary/aromatic N) is 2. The number of pyridine rings is 1. The Hall–Kier alpha value is -0.850. The number of carbonyl (C=O) groups is 1. The maximum Gasteiger partial charge on any atom is 0.410 e. The summed E-state index contributed by atoms with van der Waals surface area (Å²) in [6, 6.07) is 3.59. The molecule has 1 aromatic heterocycles. The highest BCUT2D eigenvalue weighted by atomic mass is 79.9. The standard InChI is InChI=1S/C14H18BrClN2O3/c1-14(2,3)21-13(19)18-4-5-20-10(8-18)9-6-11(15)17-12(16)7-9/h6-7,10H,4-5,8H2,1-3H3. The van der Waals surface area contributed by atoms with Crippen LogP contribution < -0.4 is 0 Å². The predicted molar refractivity (Wildman–Crippen MR) is 83.4 cm³/mol. The quantitative estimate of drug-likeness (QED) is 0.698. The van der Waals surface area contributed by atoms with Gasteiger partial charge in [-0.2, -0.15) is 0 Å². The minimum atomic E-state index is -0.506. The van der Waals surface area contributed by atoms with Crippen LogP contribution in [0.25, 0.3) is 0 Å². The monoisotopic (exact) mass is 376 g/mol. The minimum absolute atomic E-state index is 0.233. The van der Waals surface area contributed by atoms with Crippen molar-refractivity contribution in [3.05, 3.63) is 27.5 Å². The second-order valence-corrected chi connectivity index (χ2v) is 7.03. The van der Waals surface area contributed by atoms with E-state index in [2.05, 4.69) is 20.9 Å². The van der Waals surface area contributed by atoms with Gasteiger partial charge in [-0.15, -0.1) is 0 Å². The lowest BCUT2D eigenvalue weighted by molar-refractivity contribution is -0.0433. The number of amides is 1. The van der Waals surface area contributed by atoms with Gasteiger partial charge in [-0.1, -0.05) is 11.6 Å². The topological polar surface area (TPSA) is 51.7 Å². The zero-order chi connectivity index (χ0) is 15.6. The van der Waals surface area contributed by atoms with E-state index in [9.17, 15) is 4.79 Å². The van der Waals surface area contributed by atoms with Crippen molar-refractivity contribution in [3.8, 4) is 0 Å². The van der Waals surface area contributed by atoms with Crippen LogP contribution in [0.1, 0.15) is 32.4 Å². The fourth-order valence-electron chi connectivity index (χ4n) is 2.01. The lowest BCUT2D eigenvalue weighted by Crippen LogP contribution is -2.44. The van der Waals surface area contributed by atoms with Crippen LogP contribution >= 0.6 is 27.5 Å². The minimum Gasteiger partial charge on any atom is -0.444 e. The van der Waals surface area contributed by atoms with Crippen molar-refractivity contribution >= 4 is 33.6 Å². The van der Waals surface area contributed by atoms with E-state index in [1.165, 1.54) is 0 Å². The average molecular weight is 378 g/mol. The molecule has 2 rings (SSSR count). The van der Waals surface area contributed by atoms with Crippen LogP contribution in [0.4, 0.5) is 4.79 Å². The zero-order valence-corrected chi connectivity index (χ0v) is 14.6. The SMILES string of the molecule is CC(C)(C)OC(=O)N1CCOC(c2cc(Cl)nc(Br)c2)C1. The Balaban J connectivity index is 2.08. The Kier molecular flexibility index (Phi) is 5.11. The molecule has 0 saturated carbocycles. The number of hydrogen-bond acceptors (Lipinski definition) is 4. The summed E-state index contributed by atoms with van der Waals surface area (Å²) >= 11 is 9.26. The molecule has 1 fully saturated rings. The second kappa shape index (κ2) is 6.50. The molecule has 0 bridgehead atoms. The van der Waals surface area contributed by atoms with Crippen molar-refractivity contribution < 1.29 is 14.3 Å². The second-order valence-electron chi connectivity index (χ2n) is 5.83. The van der Waals surface area contributed by atoms with E-state index in [-0.39, 0.29) is 12.2 Å². The molecule has 116 valence electrons. The first-order chi connectivity index (χ1) is 9.74. The normalized spacial score (nSPS) is 19.5. The largest absolute Gasteiger partial charge is 0.444 e. The van der Waals surface area contributed by atoms with E-state index in [0.29, 0.717) is 29.5 Å². The number of ether oxygens (including phenoxy) is 2. The van der Waals surface area contributed by atoms with Crippen LogP contribution in [-0.4, -0.2) is 41.3 Å². The molecule has 1 aliphatic rings. The van der Waals surface area contributed by atoms with E-state index in [1.807, 2.05) is 26.8 Å². The Morgan fingerprint density at radius 1 is 1.52 bits per heavy atom. The van der Waals surface area contributed by atoms with E-state index in [1.54, 1.807) is 11.0 Å². The van der Waals surface area contributed by atoms with Gasteiger partial charge in [0.1, 0.15) is 21.5 Å². The third kappa shape index (κ3) is 4.83. The highest BCUT2D eigenvalue weighted by molar-refractivity contribution is 9.10. The molecule has 0 N–H and O–H groups in total. The van der Waals surface area contributed by atoms with Crippen molar-refractivity contribution in [2.24, 2.45) is 0 Å². The van der Waals surface area contributed by atoms with Crippen LogP contribution in [0, 0.1) is 0 Å². The van der Waals surface area contributed by atoms with Crippen molar-refractivity contribution in [2.45, 2.75) is 32.5 Å². The molecule has 0 radical (unpaired) electrons. The first-order valence-electron chi connectivity index (χ1n) is 6.67. The van der Waals surface area contributed by atoms with Gasteiger partial charge in [0, 0.05) is 6.54 Å². The molecule has 7 heteroatoms. The molecule has 1 saturated heterocycles. The summed E-state index contributed by atoms with van der Waals surface area (Å²) in [6.07, 6.45) is -0.557. The van der Waals surface area contributed by atoms with Crippen molar-refractivity contribution in [3.63, 3.8) is 0 Å². The molecule has 0 spiro atoms. The molecule has 5 nitrogen and oxygen atoms in total. The van der Waals surface area contributed by atoms with Crippen LogP contribution in [-0.2, 0) is 9.47 Å². The van der Waals surface area contributed by atoms with Gasteiger partial charge >= 0.3 is 6.09 Å². The lowest BCUT2D eigenvalue weighted by Gasteiger charge is -2.34. The number of carbonyl (C=O) groups excluding carboxylic acids is 1. The molecule has 1 unspecified atom stereocenters. The number of aromatic nitrogens is 1. The van der Waals surface area contributed by atoms with Crippen LogP contribution in [0.3, 0.4) is 0 Å². The first-order valence-corrected chi connectivity index (χ1v) is 7.84. The molecule has 1 aliphatic heterocycles. The molecule has 1 aromatic rings. The van der Waals surface area contributed by atoms with Gasteiger partial charge in [0.05, 0.1) is 13.2 Å². The summed E-state index contributed by atoms with van der Waals surface area (Å²) in [5, 5.41) is 0.386. The van der Waals surface area contributed by atoms with Crippen molar-refractivity contribution in [2.75, 3.05) is 19.7 Å². The van der Waals surface area contributed by atoms with Crippen LogP contribution in [0.5, 0.6) is 0 Å². The lowest BCUT2D eigenvalue weighted by atomic mass is 10.1. The molecular formula is C14H18BrClN2O3. The van der Waals surface area contributed by atoms with Gasteiger partial charge < -0.3 is 14.4 Å². The summed E-state index contributed by atoms with van der Waals surface area (Å²) in [5.41, 5.74) is 0.378. The number of halogens is 2. The fraction of sp³-hybridized carbons (Fsp3) is 0.571. The molecular weight excluding hydrogens is 360 g/mol. The van der Waals surface area contributed by atoms with Gasteiger partial charge in [-0.3, -0.25) is 0 Å². The molecule has 2 heterocycles. The molecule has 1 amide bonds. The first kappa shape index (κ1) is 16.5. The Morgan fingerprint density at radius 2 is 2.24 bits per heavy atom. The van der Waals surface area contributed by atoms with Crippen LogP contribution in [0.2, 0.25) is 5.15 Å². The number of morpholine rings is 1. The Labute approximate surface area is 137 Å².